The van der Waals surface area contributed by atoms with Crippen molar-refractivity contribution in [1.29, 1.82) is 0 Å². The molecule has 6 rings (SSSR count). The van der Waals surface area contributed by atoms with Crippen LogP contribution in [0.25, 0.3) is 11.3 Å². The van der Waals surface area contributed by atoms with E-state index in [1.54, 1.807) is 18.2 Å². The first-order valence-electron chi connectivity index (χ1n) is 13.9. The number of hydrogen-bond donors (Lipinski definition) is 3. The van der Waals surface area contributed by atoms with Crippen LogP contribution in [0.5, 0.6) is 0 Å². The zero-order valence-corrected chi connectivity index (χ0v) is 22.9. The smallest absolute Gasteiger partial charge is 0.300 e. The molecule has 7 heteroatoms. The molecule has 2 heterocycles. The molecule has 2 aliphatic rings. The molecule has 2 aliphatic heterocycles. The fraction of sp³-hybridized carbons (Fsp3) is 0.143. The van der Waals surface area contributed by atoms with Crippen molar-refractivity contribution in [2.75, 3.05) is 29.0 Å². The monoisotopic (exact) mass is 556 g/mol. The topological polar surface area (TPSA) is 73.5 Å². The van der Waals surface area contributed by atoms with Gasteiger partial charge in [0.1, 0.15) is 5.82 Å². The Morgan fingerprint density at radius 2 is 1.64 bits per heavy atom. The number of halogens is 1. The zero-order chi connectivity index (χ0) is 28.9. The third-order valence-corrected chi connectivity index (χ3v) is 7.31. The molecule has 1 fully saturated rings. The number of nitrogens with zero attached hydrogens (tertiary/aromatic N) is 1. The van der Waals surface area contributed by atoms with Gasteiger partial charge >= 0.3 is 5.91 Å². The first-order valence-corrected chi connectivity index (χ1v) is 13.9. The molecule has 208 valence electrons. The van der Waals surface area contributed by atoms with Gasteiger partial charge in [-0.25, -0.2) is 4.39 Å². The van der Waals surface area contributed by atoms with Crippen LogP contribution >= 0.6 is 0 Å². The standard InChI is InChI=1S/C35H29FN4O2/c36-27-9-6-10-29(22-27)37-32(41)18-14-24-13-17-30-31(21-24)39-35(42)33(30)34(26-7-2-1-3-8-26)38-28-15-11-25(12-16-28)23-40-19-4-5-20-40/h1-3,6-13,15-17,21-22,38H,4-5,19-20,23H2,(H,37,41)(H,39,42)/b34-33-. The molecule has 0 radical (unpaired) electrons. The summed E-state index contributed by atoms with van der Waals surface area (Å²) < 4.78 is 13.4. The van der Waals surface area contributed by atoms with Gasteiger partial charge in [0.25, 0.3) is 5.91 Å². The minimum absolute atomic E-state index is 0.226. The molecular weight excluding hydrogens is 527 g/mol. The lowest BCUT2D eigenvalue weighted by Crippen LogP contribution is -2.18. The van der Waals surface area contributed by atoms with Gasteiger partial charge in [0.2, 0.25) is 0 Å². The van der Waals surface area contributed by atoms with Crippen LogP contribution in [0.2, 0.25) is 0 Å². The molecule has 2 amide bonds. The van der Waals surface area contributed by atoms with Gasteiger partial charge in [-0.1, -0.05) is 60.5 Å². The van der Waals surface area contributed by atoms with E-state index in [1.165, 1.54) is 36.6 Å². The molecule has 4 aromatic rings. The fourth-order valence-electron chi connectivity index (χ4n) is 5.28. The number of likely N-dealkylation sites (tertiary alicyclic amines) is 1. The van der Waals surface area contributed by atoms with Crippen LogP contribution in [0.1, 0.15) is 35.1 Å². The summed E-state index contributed by atoms with van der Waals surface area (Å²) in [5.41, 5.74) is 6.51. The van der Waals surface area contributed by atoms with Crippen LogP contribution in [-0.2, 0) is 16.1 Å². The highest BCUT2D eigenvalue weighted by atomic mass is 19.1. The van der Waals surface area contributed by atoms with Crippen molar-refractivity contribution < 1.29 is 14.0 Å². The number of rotatable bonds is 6. The van der Waals surface area contributed by atoms with Crippen LogP contribution in [0.4, 0.5) is 21.5 Å². The summed E-state index contributed by atoms with van der Waals surface area (Å²) in [5, 5.41) is 9.02. The Hall–Kier alpha value is -5.19. The maximum Gasteiger partial charge on any atom is 0.300 e. The molecule has 0 unspecified atom stereocenters. The minimum atomic E-state index is -0.562. The Labute approximate surface area is 244 Å². The van der Waals surface area contributed by atoms with Crippen molar-refractivity contribution in [2.24, 2.45) is 0 Å². The Kier molecular flexibility index (Phi) is 7.80. The molecule has 1 saturated heterocycles. The maximum atomic E-state index is 13.4. The number of hydrogen-bond acceptors (Lipinski definition) is 4. The predicted octanol–water partition coefficient (Wildman–Crippen LogP) is 6.34. The summed E-state index contributed by atoms with van der Waals surface area (Å²) in [7, 11) is 0. The number of fused-ring (bicyclic) bond motifs is 1. The number of carbonyl (C=O) groups is 2. The Balaban J connectivity index is 1.26. The lowest BCUT2D eigenvalue weighted by Gasteiger charge is -2.17. The van der Waals surface area contributed by atoms with Crippen LogP contribution < -0.4 is 16.0 Å². The molecule has 0 aromatic heterocycles. The highest BCUT2D eigenvalue weighted by Gasteiger charge is 2.28. The largest absolute Gasteiger partial charge is 0.354 e. The lowest BCUT2D eigenvalue weighted by molar-refractivity contribution is -0.111. The van der Waals surface area contributed by atoms with E-state index in [1.807, 2.05) is 36.4 Å². The zero-order valence-electron chi connectivity index (χ0n) is 22.9. The van der Waals surface area contributed by atoms with Crippen LogP contribution in [-0.4, -0.2) is 29.8 Å². The summed E-state index contributed by atoms with van der Waals surface area (Å²) in [5.74, 6) is 4.12. The highest BCUT2D eigenvalue weighted by Crippen LogP contribution is 2.38. The predicted molar refractivity (Wildman–Crippen MR) is 165 cm³/mol. The van der Waals surface area contributed by atoms with Crippen molar-refractivity contribution >= 4 is 40.1 Å². The number of benzene rings is 4. The van der Waals surface area contributed by atoms with Gasteiger partial charge in [0.15, 0.2) is 0 Å². The van der Waals surface area contributed by atoms with Crippen LogP contribution in [0, 0.1) is 17.7 Å². The van der Waals surface area contributed by atoms with Gasteiger partial charge in [-0.15, -0.1) is 0 Å². The molecule has 0 bridgehead atoms. The van der Waals surface area contributed by atoms with Gasteiger partial charge in [0, 0.05) is 35.0 Å². The van der Waals surface area contributed by atoms with Crippen molar-refractivity contribution in [3.63, 3.8) is 0 Å². The average Bonchev–Trinajstić information content (AvgIpc) is 3.62. The molecule has 0 spiro atoms. The van der Waals surface area contributed by atoms with Crippen molar-refractivity contribution in [3.8, 4) is 11.8 Å². The van der Waals surface area contributed by atoms with E-state index < -0.39 is 11.7 Å². The van der Waals surface area contributed by atoms with E-state index in [4.69, 9.17) is 0 Å². The van der Waals surface area contributed by atoms with E-state index in [9.17, 15) is 14.0 Å². The molecule has 6 nitrogen and oxygen atoms in total. The minimum Gasteiger partial charge on any atom is -0.354 e. The SMILES string of the molecule is O=C(C#Cc1ccc2c(c1)NC(=O)/C2=C(\Nc1ccc(CN2CCCC2)cc1)c1ccccc1)Nc1cccc(F)c1. The fourth-order valence-corrected chi connectivity index (χ4v) is 5.28. The quantitative estimate of drug-likeness (QED) is 0.191. The van der Waals surface area contributed by atoms with E-state index in [2.05, 4.69) is 57.0 Å². The first-order chi connectivity index (χ1) is 20.5. The van der Waals surface area contributed by atoms with Gasteiger partial charge in [-0.2, -0.15) is 0 Å². The molecule has 0 atom stereocenters. The molecule has 42 heavy (non-hydrogen) atoms. The van der Waals surface area contributed by atoms with Crippen molar-refractivity contribution in [1.82, 2.24) is 4.90 Å². The molecular formula is C35H29FN4O2. The normalized spacial score (nSPS) is 15.3. The van der Waals surface area contributed by atoms with Gasteiger partial charge in [-0.3, -0.25) is 14.5 Å². The van der Waals surface area contributed by atoms with Gasteiger partial charge < -0.3 is 16.0 Å². The molecule has 0 aliphatic carbocycles. The summed E-state index contributed by atoms with van der Waals surface area (Å²) in [4.78, 5) is 28.1. The number of amides is 2. The number of anilines is 3. The second-order valence-electron chi connectivity index (χ2n) is 10.4. The first kappa shape index (κ1) is 27.0. The summed E-state index contributed by atoms with van der Waals surface area (Å²) >= 11 is 0. The van der Waals surface area contributed by atoms with E-state index in [-0.39, 0.29) is 5.91 Å². The second kappa shape index (κ2) is 12.1. The Bertz CT molecular complexity index is 1730. The van der Waals surface area contributed by atoms with Crippen molar-refractivity contribution in [2.45, 2.75) is 19.4 Å². The maximum absolute atomic E-state index is 13.4. The van der Waals surface area contributed by atoms with Gasteiger partial charge in [-0.05, 0) is 79.5 Å². The highest BCUT2D eigenvalue weighted by molar-refractivity contribution is 6.37. The van der Waals surface area contributed by atoms with Crippen LogP contribution in [0.15, 0.2) is 97.1 Å². The third kappa shape index (κ3) is 6.25. The lowest BCUT2D eigenvalue weighted by atomic mass is 9.99. The number of carbonyl (C=O) groups excluding carboxylic acids is 2. The summed E-state index contributed by atoms with van der Waals surface area (Å²) in [6.45, 7) is 3.24. The summed E-state index contributed by atoms with van der Waals surface area (Å²) in [6.07, 6.45) is 2.52. The molecule has 3 N–H and O–H groups in total. The van der Waals surface area contributed by atoms with E-state index in [0.717, 1.165) is 36.4 Å². The van der Waals surface area contributed by atoms with E-state index in [0.29, 0.717) is 28.2 Å². The van der Waals surface area contributed by atoms with Gasteiger partial charge in [0.05, 0.1) is 17.0 Å². The van der Waals surface area contributed by atoms with Crippen molar-refractivity contribution in [3.05, 3.63) is 125 Å². The molecule has 0 saturated carbocycles. The van der Waals surface area contributed by atoms with E-state index >= 15 is 0 Å². The Morgan fingerprint density at radius 3 is 2.40 bits per heavy atom. The van der Waals surface area contributed by atoms with Crippen LogP contribution in [0.3, 0.4) is 0 Å². The average molecular weight is 557 g/mol. The Morgan fingerprint density at radius 1 is 0.857 bits per heavy atom. The summed E-state index contributed by atoms with van der Waals surface area (Å²) in [6, 6.07) is 29.1. The number of nitrogens with one attached hydrogen (secondary N) is 3. The third-order valence-electron chi connectivity index (χ3n) is 7.31. The molecule has 4 aromatic carbocycles. The second-order valence-corrected chi connectivity index (χ2v) is 10.4.